The highest BCUT2D eigenvalue weighted by molar-refractivity contribution is 5.82. The molecule has 0 aliphatic rings. The van der Waals surface area contributed by atoms with E-state index in [1.165, 1.54) is 0 Å². The molecule has 130 valence electrons. The summed E-state index contributed by atoms with van der Waals surface area (Å²) in [6.45, 7) is 0. The van der Waals surface area contributed by atoms with Crippen molar-refractivity contribution in [1.29, 1.82) is 0 Å². The Balaban J connectivity index is 2.13. The second-order valence-electron chi connectivity index (χ2n) is 5.16. The molecule has 0 bridgehead atoms. The molecule has 0 aliphatic carbocycles. The monoisotopic (exact) mass is 341 g/mol. The van der Waals surface area contributed by atoms with Crippen LogP contribution in [0.3, 0.4) is 0 Å². The zero-order valence-corrected chi connectivity index (χ0v) is 14.5. The molecule has 0 fully saturated rings. The summed E-state index contributed by atoms with van der Waals surface area (Å²) in [5, 5.41) is 11.3. The summed E-state index contributed by atoms with van der Waals surface area (Å²) in [5.74, 6) is 2.55. The van der Waals surface area contributed by atoms with Crippen molar-refractivity contribution in [2.45, 2.75) is 0 Å². The highest BCUT2D eigenvalue weighted by atomic mass is 16.5. The molecule has 25 heavy (non-hydrogen) atoms. The van der Waals surface area contributed by atoms with Gasteiger partial charge in [-0.3, -0.25) is 0 Å². The highest BCUT2D eigenvalue weighted by Crippen LogP contribution is 2.41. The quantitative estimate of drug-likeness (QED) is 0.742. The number of nitrogens with zero attached hydrogens (tertiary/aromatic N) is 2. The predicted octanol–water partition coefficient (Wildman–Crippen LogP) is 3.17. The largest absolute Gasteiger partial charge is 0.497 e. The van der Waals surface area contributed by atoms with Crippen LogP contribution in [0.5, 0.6) is 23.0 Å². The average molecular weight is 341 g/mol. The first-order chi connectivity index (χ1) is 12.2. The van der Waals surface area contributed by atoms with Crippen molar-refractivity contribution in [2.75, 3.05) is 28.4 Å². The maximum absolute atomic E-state index is 5.50. The molecule has 0 amide bonds. The van der Waals surface area contributed by atoms with Gasteiger partial charge in [-0.25, -0.2) is 0 Å². The summed E-state index contributed by atoms with van der Waals surface area (Å²) in [6.07, 6.45) is 0. The van der Waals surface area contributed by atoms with Gasteiger partial charge in [-0.1, -0.05) is 0 Å². The summed E-state index contributed by atoms with van der Waals surface area (Å²) in [4.78, 5) is 0. The number of ether oxygens (including phenoxy) is 4. The van der Waals surface area contributed by atoms with Gasteiger partial charge in [-0.2, -0.15) is 15.4 Å². The third kappa shape index (κ3) is 3.08. The summed E-state index contributed by atoms with van der Waals surface area (Å²) < 4.78 is 21.4. The smallest absolute Gasteiger partial charge is 0.164 e. The average Bonchev–Trinajstić information content (AvgIpc) is 3.16. The Hall–Kier alpha value is -3.22. The molecule has 0 saturated carbocycles. The van der Waals surface area contributed by atoms with E-state index in [-0.39, 0.29) is 0 Å². The lowest BCUT2D eigenvalue weighted by Gasteiger charge is -2.13. The molecule has 0 radical (unpaired) electrons. The molecule has 0 atom stereocenters. The van der Waals surface area contributed by atoms with Crippen LogP contribution >= 0.6 is 0 Å². The van der Waals surface area contributed by atoms with E-state index in [2.05, 4.69) is 15.4 Å². The fourth-order valence-corrected chi connectivity index (χ4v) is 2.58. The van der Waals surface area contributed by atoms with E-state index >= 15 is 0 Å². The van der Waals surface area contributed by atoms with E-state index in [9.17, 15) is 0 Å². The molecule has 1 heterocycles. The number of hydrogen-bond acceptors (Lipinski definition) is 6. The number of aromatic nitrogens is 3. The van der Waals surface area contributed by atoms with Crippen molar-refractivity contribution in [3.8, 4) is 45.5 Å². The van der Waals surface area contributed by atoms with Crippen LogP contribution < -0.4 is 18.9 Å². The van der Waals surface area contributed by atoms with Crippen LogP contribution in [-0.4, -0.2) is 43.8 Å². The Morgan fingerprint density at radius 1 is 0.680 bits per heavy atom. The lowest BCUT2D eigenvalue weighted by atomic mass is 10.0. The van der Waals surface area contributed by atoms with Gasteiger partial charge in [-0.05, 0) is 30.3 Å². The van der Waals surface area contributed by atoms with Gasteiger partial charge in [0.15, 0.2) is 11.5 Å². The molecule has 7 nitrogen and oxygen atoms in total. The Morgan fingerprint density at radius 3 is 1.88 bits per heavy atom. The van der Waals surface area contributed by atoms with E-state index in [1.807, 2.05) is 30.3 Å². The molecule has 0 unspecified atom stereocenters. The standard InChI is InChI=1S/C18H19N3O4/c1-22-12-7-5-11(6-8-12)17-18(20-21-19-17)13-9-15(24-3)16(25-4)10-14(13)23-2/h5-10H,1-4H3,(H,19,20,21). The first-order valence-corrected chi connectivity index (χ1v) is 7.57. The van der Waals surface area contributed by atoms with Crippen LogP contribution in [0.15, 0.2) is 36.4 Å². The molecule has 1 aromatic heterocycles. The van der Waals surface area contributed by atoms with Gasteiger partial charge in [0.1, 0.15) is 22.9 Å². The normalized spacial score (nSPS) is 10.4. The number of hydrogen-bond donors (Lipinski definition) is 1. The molecule has 3 aromatic rings. The fraction of sp³-hybridized carbons (Fsp3) is 0.222. The lowest BCUT2D eigenvalue weighted by Crippen LogP contribution is -1.96. The summed E-state index contributed by atoms with van der Waals surface area (Å²) in [6, 6.07) is 11.2. The zero-order chi connectivity index (χ0) is 17.8. The molecule has 0 spiro atoms. The molecular formula is C18H19N3O4. The van der Waals surface area contributed by atoms with Gasteiger partial charge in [0, 0.05) is 11.6 Å². The zero-order valence-electron chi connectivity index (χ0n) is 14.5. The molecule has 3 rings (SSSR count). The van der Waals surface area contributed by atoms with Crippen LogP contribution in [0.1, 0.15) is 0 Å². The Morgan fingerprint density at radius 2 is 1.28 bits per heavy atom. The highest BCUT2D eigenvalue weighted by Gasteiger charge is 2.20. The van der Waals surface area contributed by atoms with Gasteiger partial charge in [0.05, 0.1) is 34.0 Å². The van der Waals surface area contributed by atoms with Crippen LogP contribution in [0.25, 0.3) is 22.5 Å². The van der Waals surface area contributed by atoms with Crippen LogP contribution in [-0.2, 0) is 0 Å². The van der Waals surface area contributed by atoms with Gasteiger partial charge < -0.3 is 18.9 Å². The molecule has 7 heteroatoms. The Labute approximate surface area is 145 Å². The first-order valence-electron chi connectivity index (χ1n) is 7.57. The van der Waals surface area contributed by atoms with Crippen LogP contribution in [0.2, 0.25) is 0 Å². The van der Waals surface area contributed by atoms with Gasteiger partial charge in [0.25, 0.3) is 0 Å². The molecule has 0 aliphatic heterocycles. The van der Waals surface area contributed by atoms with Crippen molar-refractivity contribution in [3.05, 3.63) is 36.4 Å². The van der Waals surface area contributed by atoms with Crippen molar-refractivity contribution in [1.82, 2.24) is 15.4 Å². The van der Waals surface area contributed by atoms with E-state index in [1.54, 1.807) is 34.5 Å². The predicted molar refractivity (Wildman–Crippen MR) is 93.5 cm³/mol. The topological polar surface area (TPSA) is 78.5 Å². The minimum atomic E-state index is 0.581. The number of rotatable bonds is 6. The van der Waals surface area contributed by atoms with Crippen LogP contribution in [0.4, 0.5) is 0 Å². The lowest BCUT2D eigenvalue weighted by molar-refractivity contribution is 0.349. The number of methoxy groups -OCH3 is 4. The number of nitrogens with one attached hydrogen (secondary N) is 1. The number of benzene rings is 2. The maximum Gasteiger partial charge on any atom is 0.164 e. The number of aromatic amines is 1. The van der Waals surface area contributed by atoms with Gasteiger partial charge >= 0.3 is 0 Å². The molecule has 1 N–H and O–H groups in total. The van der Waals surface area contributed by atoms with Gasteiger partial charge in [0.2, 0.25) is 0 Å². The van der Waals surface area contributed by atoms with E-state index < -0.39 is 0 Å². The van der Waals surface area contributed by atoms with Gasteiger partial charge in [-0.15, -0.1) is 0 Å². The van der Waals surface area contributed by atoms with Crippen molar-refractivity contribution >= 4 is 0 Å². The summed E-state index contributed by atoms with van der Waals surface area (Å²) in [5.41, 5.74) is 3.01. The van der Waals surface area contributed by atoms with Crippen LogP contribution in [0, 0.1) is 0 Å². The minimum Gasteiger partial charge on any atom is -0.497 e. The Bertz CT molecular complexity index is 859. The minimum absolute atomic E-state index is 0.581. The molecule has 2 aromatic carbocycles. The SMILES string of the molecule is COc1ccc(-c2n[nH]nc2-c2cc(OC)c(OC)cc2OC)cc1. The fourth-order valence-electron chi connectivity index (χ4n) is 2.58. The third-order valence-electron chi connectivity index (χ3n) is 3.87. The maximum atomic E-state index is 5.50. The van der Waals surface area contributed by atoms with E-state index in [0.29, 0.717) is 28.6 Å². The summed E-state index contributed by atoms with van der Waals surface area (Å²) in [7, 11) is 6.39. The Kier molecular flexibility index (Phi) is 4.74. The second-order valence-corrected chi connectivity index (χ2v) is 5.16. The molecular weight excluding hydrogens is 322 g/mol. The number of H-pyrrole nitrogens is 1. The van der Waals surface area contributed by atoms with E-state index in [0.717, 1.165) is 16.9 Å². The second kappa shape index (κ2) is 7.12. The summed E-state index contributed by atoms with van der Waals surface area (Å²) >= 11 is 0. The first kappa shape index (κ1) is 16.6. The van der Waals surface area contributed by atoms with Crippen molar-refractivity contribution < 1.29 is 18.9 Å². The van der Waals surface area contributed by atoms with Crippen molar-refractivity contribution in [3.63, 3.8) is 0 Å². The van der Waals surface area contributed by atoms with Crippen molar-refractivity contribution in [2.24, 2.45) is 0 Å². The molecule has 0 saturated heterocycles. The van der Waals surface area contributed by atoms with E-state index in [4.69, 9.17) is 18.9 Å². The third-order valence-corrected chi connectivity index (χ3v) is 3.87.